The fourth-order valence-electron chi connectivity index (χ4n) is 2.94. The Kier molecular flexibility index (Phi) is 7.30. The van der Waals surface area contributed by atoms with Crippen LogP contribution in [-0.4, -0.2) is 21.8 Å². The van der Waals surface area contributed by atoms with Gasteiger partial charge in [-0.15, -0.1) is 0 Å². The summed E-state index contributed by atoms with van der Waals surface area (Å²) >= 11 is 0. The summed E-state index contributed by atoms with van der Waals surface area (Å²) in [6.07, 6.45) is 2.17. The van der Waals surface area contributed by atoms with Crippen LogP contribution in [0.5, 0.6) is 0 Å². The highest BCUT2D eigenvalue weighted by Gasteiger charge is 2.17. The first-order valence-electron chi connectivity index (χ1n) is 9.89. The summed E-state index contributed by atoms with van der Waals surface area (Å²) < 4.78 is 32.0. The van der Waals surface area contributed by atoms with Crippen molar-refractivity contribution in [2.24, 2.45) is 0 Å². The second-order valence-corrected chi connectivity index (χ2v) is 7.31. The number of aromatic nitrogens is 1. The summed E-state index contributed by atoms with van der Waals surface area (Å²) in [7, 11) is 0. The lowest BCUT2D eigenvalue weighted by Crippen LogP contribution is -2.32. The lowest BCUT2D eigenvalue weighted by molar-refractivity contribution is 0.0934. The number of oxazole rings is 1. The number of nitrogens with one attached hydrogen (secondary N) is 1. The van der Waals surface area contributed by atoms with E-state index in [0.29, 0.717) is 25.5 Å². The maximum absolute atomic E-state index is 13.2. The summed E-state index contributed by atoms with van der Waals surface area (Å²) in [5.41, 5.74) is 2.06. The Bertz CT molecular complexity index is 908. The number of nitrogens with zero attached hydrogens (tertiary/aromatic N) is 2. The van der Waals surface area contributed by atoms with Crippen molar-refractivity contribution in [3.8, 4) is 0 Å². The highest BCUT2D eigenvalue weighted by atomic mass is 19.1. The van der Waals surface area contributed by atoms with Crippen LogP contribution in [0.15, 0.2) is 59.2 Å². The van der Waals surface area contributed by atoms with Crippen molar-refractivity contribution in [2.75, 3.05) is 0 Å². The molecule has 0 aliphatic rings. The molecule has 0 spiro atoms. The van der Waals surface area contributed by atoms with E-state index >= 15 is 0 Å². The fraction of sp³-hybridized carbons (Fsp3) is 0.304. The molecule has 1 N–H and O–H groups in total. The summed E-state index contributed by atoms with van der Waals surface area (Å²) in [5.74, 6) is -0.474. The molecule has 30 heavy (non-hydrogen) atoms. The van der Waals surface area contributed by atoms with E-state index in [1.807, 2.05) is 18.7 Å². The summed E-state index contributed by atoms with van der Waals surface area (Å²) in [5, 5.41) is 2.86. The van der Waals surface area contributed by atoms with Gasteiger partial charge in [0.2, 0.25) is 5.89 Å². The van der Waals surface area contributed by atoms with Gasteiger partial charge in [-0.05, 0) is 48.7 Å². The SMILES string of the molecule is CC[C@@H](C)NC(=O)c1coc(CN(Cc2ccc(F)cc2)Cc2ccc(F)cc2)n1. The third kappa shape index (κ3) is 6.22. The Hall–Kier alpha value is -3.06. The number of halogens is 2. The fourth-order valence-corrected chi connectivity index (χ4v) is 2.94. The van der Waals surface area contributed by atoms with Gasteiger partial charge in [0, 0.05) is 19.1 Å². The van der Waals surface area contributed by atoms with E-state index in [2.05, 4.69) is 10.3 Å². The van der Waals surface area contributed by atoms with Crippen LogP contribution < -0.4 is 5.32 Å². The minimum atomic E-state index is -0.298. The van der Waals surface area contributed by atoms with Gasteiger partial charge in [0.25, 0.3) is 5.91 Å². The first-order valence-corrected chi connectivity index (χ1v) is 9.89. The zero-order valence-electron chi connectivity index (χ0n) is 17.1. The molecule has 1 atom stereocenters. The monoisotopic (exact) mass is 413 g/mol. The molecule has 2 aromatic carbocycles. The first-order chi connectivity index (χ1) is 14.4. The van der Waals surface area contributed by atoms with Crippen LogP contribution in [0.3, 0.4) is 0 Å². The van der Waals surface area contributed by atoms with Crippen LogP contribution in [-0.2, 0) is 19.6 Å². The lowest BCUT2D eigenvalue weighted by atomic mass is 10.1. The van der Waals surface area contributed by atoms with Gasteiger partial charge in [-0.3, -0.25) is 9.69 Å². The number of carbonyl (C=O) groups is 1. The summed E-state index contributed by atoms with van der Waals surface area (Å²) in [4.78, 5) is 18.6. The molecule has 158 valence electrons. The molecule has 1 amide bonds. The van der Waals surface area contributed by atoms with Gasteiger partial charge < -0.3 is 9.73 Å². The van der Waals surface area contributed by atoms with E-state index in [-0.39, 0.29) is 29.3 Å². The predicted octanol–water partition coefficient (Wildman–Crippen LogP) is 4.68. The molecule has 0 unspecified atom stereocenters. The second-order valence-electron chi connectivity index (χ2n) is 7.31. The summed E-state index contributed by atoms with van der Waals surface area (Å²) in [6, 6.07) is 12.6. The van der Waals surface area contributed by atoms with E-state index in [0.717, 1.165) is 17.5 Å². The van der Waals surface area contributed by atoms with Crippen LogP contribution in [0, 0.1) is 11.6 Å². The van der Waals surface area contributed by atoms with Gasteiger partial charge in [-0.25, -0.2) is 13.8 Å². The van der Waals surface area contributed by atoms with Gasteiger partial charge in [0.05, 0.1) is 6.54 Å². The van der Waals surface area contributed by atoms with Crippen LogP contribution >= 0.6 is 0 Å². The van der Waals surface area contributed by atoms with Crippen molar-refractivity contribution < 1.29 is 18.0 Å². The van der Waals surface area contributed by atoms with Crippen LogP contribution in [0.4, 0.5) is 8.78 Å². The highest BCUT2D eigenvalue weighted by molar-refractivity contribution is 5.92. The second kappa shape index (κ2) is 10.1. The molecule has 0 radical (unpaired) electrons. The molecule has 1 aromatic heterocycles. The Morgan fingerprint density at radius 1 is 1.00 bits per heavy atom. The van der Waals surface area contributed by atoms with E-state index < -0.39 is 0 Å². The van der Waals surface area contributed by atoms with Gasteiger partial charge in [-0.2, -0.15) is 0 Å². The van der Waals surface area contributed by atoms with Crippen molar-refractivity contribution in [1.29, 1.82) is 0 Å². The number of rotatable bonds is 9. The largest absolute Gasteiger partial charge is 0.447 e. The molecule has 0 saturated carbocycles. The number of carbonyl (C=O) groups excluding carboxylic acids is 1. The van der Waals surface area contributed by atoms with Gasteiger partial charge in [0.1, 0.15) is 17.9 Å². The molecule has 1 heterocycles. The molecule has 3 rings (SSSR count). The molecule has 0 bridgehead atoms. The molecule has 0 aliphatic carbocycles. The molecule has 0 fully saturated rings. The van der Waals surface area contributed by atoms with Gasteiger partial charge in [-0.1, -0.05) is 31.2 Å². The molecule has 0 aliphatic heterocycles. The lowest BCUT2D eigenvalue weighted by Gasteiger charge is -2.21. The summed E-state index contributed by atoms with van der Waals surface area (Å²) in [6.45, 7) is 5.27. The first kappa shape index (κ1) is 21.6. The Labute approximate surface area is 174 Å². The zero-order chi connectivity index (χ0) is 21.5. The Balaban J connectivity index is 1.73. The van der Waals surface area contributed by atoms with Crippen LogP contribution in [0.1, 0.15) is 47.8 Å². The maximum atomic E-state index is 13.2. The average molecular weight is 413 g/mol. The molecule has 3 aromatic rings. The standard InChI is InChI=1S/C23H25F2N3O2/c1-3-16(2)26-23(29)21-15-30-22(27-21)14-28(12-17-4-8-19(24)9-5-17)13-18-6-10-20(25)11-7-18/h4-11,15-16H,3,12-14H2,1-2H3,(H,26,29)/t16-/m1/s1. The van der Waals surface area contributed by atoms with Crippen molar-refractivity contribution in [3.63, 3.8) is 0 Å². The Morgan fingerprint density at radius 3 is 2.03 bits per heavy atom. The molecule has 0 saturated heterocycles. The van der Waals surface area contributed by atoms with E-state index in [1.165, 1.54) is 30.5 Å². The molecule has 5 nitrogen and oxygen atoms in total. The third-order valence-corrected chi connectivity index (χ3v) is 4.77. The molecular formula is C23H25F2N3O2. The van der Waals surface area contributed by atoms with Crippen LogP contribution in [0.2, 0.25) is 0 Å². The average Bonchev–Trinajstić information content (AvgIpc) is 3.20. The van der Waals surface area contributed by atoms with Crippen molar-refractivity contribution >= 4 is 5.91 Å². The highest BCUT2D eigenvalue weighted by Crippen LogP contribution is 2.15. The van der Waals surface area contributed by atoms with Crippen molar-refractivity contribution in [3.05, 3.63) is 89.1 Å². The van der Waals surface area contributed by atoms with Crippen molar-refractivity contribution in [1.82, 2.24) is 15.2 Å². The minimum absolute atomic E-state index is 0.0473. The van der Waals surface area contributed by atoms with Crippen LogP contribution in [0.25, 0.3) is 0 Å². The minimum Gasteiger partial charge on any atom is -0.447 e. The predicted molar refractivity (Wildman–Crippen MR) is 109 cm³/mol. The Morgan fingerprint density at radius 2 is 1.53 bits per heavy atom. The normalized spacial score (nSPS) is 12.2. The number of hydrogen-bond donors (Lipinski definition) is 1. The smallest absolute Gasteiger partial charge is 0.273 e. The zero-order valence-corrected chi connectivity index (χ0v) is 17.1. The van der Waals surface area contributed by atoms with E-state index in [9.17, 15) is 13.6 Å². The maximum Gasteiger partial charge on any atom is 0.273 e. The van der Waals surface area contributed by atoms with Crippen molar-refractivity contribution in [2.45, 2.75) is 45.9 Å². The number of hydrogen-bond acceptors (Lipinski definition) is 4. The molecule has 7 heteroatoms. The number of amides is 1. The van der Waals surface area contributed by atoms with Gasteiger partial charge in [0.15, 0.2) is 5.69 Å². The van der Waals surface area contributed by atoms with Gasteiger partial charge >= 0.3 is 0 Å². The van der Waals surface area contributed by atoms with E-state index in [4.69, 9.17) is 4.42 Å². The van der Waals surface area contributed by atoms with E-state index in [1.54, 1.807) is 24.3 Å². The molecular weight excluding hydrogens is 388 g/mol. The quantitative estimate of drug-likeness (QED) is 0.553. The topological polar surface area (TPSA) is 58.4 Å². The number of benzene rings is 2. The third-order valence-electron chi connectivity index (χ3n) is 4.77.